The minimum atomic E-state index is -4.66. The number of nitrogens with one attached hydrogen (secondary N) is 1. The fourth-order valence-electron chi connectivity index (χ4n) is 2.60. The van der Waals surface area contributed by atoms with E-state index >= 15 is 0 Å². The Morgan fingerprint density at radius 1 is 1.11 bits per heavy atom. The molecule has 0 saturated carbocycles. The number of hydrogen-bond donors (Lipinski definition) is 1. The highest BCUT2D eigenvalue weighted by Gasteiger charge is 2.37. The van der Waals surface area contributed by atoms with Crippen LogP contribution in [0.4, 0.5) is 19.0 Å². The fourth-order valence-corrected chi connectivity index (χ4v) is 2.60. The zero-order chi connectivity index (χ0) is 19.9. The molecule has 11 heteroatoms. The molecule has 0 bridgehead atoms. The molecule has 0 aliphatic rings. The van der Waals surface area contributed by atoms with E-state index in [0.717, 1.165) is 10.1 Å². The van der Waals surface area contributed by atoms with Crippen LogP contribution < -0.4 is 5.32 Å². The first-order chi connectivity index (χ1) is 13.3. The predicted octanol–water partition coefficient (Wildman–Crippen LogP) is 3.67. The standard InChI is InChI=1S/C17H14F3N7O/c1-9-8-12(27-16(21-9)24-15(25-27)17(18,19)20)22-10(2)13-23-14(28-26-13)11-6-4-3-5-7-11/h3-8,10,22H,1-2H3. The van der Waals surface area contributed by atoms with Crippen molar-refractivity contribution in [1.82, 2.24) is 29.7 Å². The molecular formula is C17H14F3N7O. The van der Waals surface area contributed by atoms with Crippen molar-refractivity contribution in [3.8, 4) is 11.5 Å². The van der Waals surface area contributed by atoms with Crippen LogP contribution >= 0.6 is 0 Å². The summed E-state index contributed by atoms with van der Waals surface area (Å²) >= 11 is 0. The maximum Gasteiger partial charge on any atom is 0.453 e. The van der Waals surface area contributed by atoms with Gasteiger partial charge in [-0.3, -0.25) is 0 Å². The molecule has 0 spiro atoms. The molecule has 1 N–H and O–H groups in total. The molecule has 0 saturated heterocycles. The van der Waals surface area contributed by atoms with Gasteiger partial charge in [0.05, 0.1) is 6.04 Å². The number of anilines is 1. The highest BCUT2D eigenvalue weighted by atomic mass is 19.4. The van der Waals surface area contributed by atoms with Crippen molar-refractivity contribution >= 4 is 11.6 Å². The smallest absolute Gasteiger partial charge is 0.360 e. The average molecular weight is 389 g/mol. The topological polar surface area (TPSA) is 94.0 Å². The molecule has 0 fully saturated rings. The van der Waals surface area contributed by atoms with Gasteiger partial charge in [0.15, 0.2) is 5.82 Å². The largest absolute Gasteiger partial charge is 0.453 e. The number of fused-ring (bicyclic) bond motifs is 1. The number of aromatic nitrogens is 6. The molecule has 3 aromatic heterocycles. The number of rotatable bonds is 4. The van der Waals surface area contributed by atoms with Crippen molar-refractivity contribution in [2.75, 3.05) is 5.32 Å². The summed E-state index contributed by atoms with van der Waals surface area (Å²) in [5, 5.41) is 10.5. The molecule has 0 radical (unpaired) electrons. The average Bonchev–Trinajstić information content (AvgIpc) is 3.29. The molecular weight excluding hydrogens is 375 g/mol. The summed E-state index contributed by atoms with van der Waals surface area (Å²) in [5.74, 6) is -0.436. The number of halogens is 3. The normalized spacial score (nSPS) is 13.0. The maximum absolute atomic E-state index is 12.9. The van der Waals surface area contributed by atoms with Gasteiger partial charge in [0.25, 0.3) is 17.5 Å². The van der Waals surface area contributed by atoms with Crippen molar-refractivity contribution in [1.29, 1.82) is 0 Å². The summed E-state index contributed by atoms with van der Waals surface area (Å²) < 4.78 is 45.1. The second-order valence-corrected chi connectivity index (χ2v) is 6.12. The van der Waals surface area contributed by atoms with Crippen LogP contribution in [0.3, 0.4) is 0 Å². The summed E-state index contributed by atoms with van der Waals surface area (Å²) in [6, 6.07) is 10.3. The van der Waals surface area contributed by atoms with Crippen LogP contribution in [0.2, 0.25) is 0 Å². The summed E-state index contributed by atoms with van der Waals surface area (Å²) in [5.41, 5.74) is 1.25. The first-order valence-corrected chi connectivity index (χ1v) is 8.28. The van der Waals surface area contributed by atoms with Crippen LogP contribution in [0.15, 0.2) is 40.9 Å². The zero-order valence-electron chi connectivity index (χ0n) is 14.8. The number of benzene rings is 1. The Morgan fingerprint density at radius 3 is 2.57 bits per heavy atom. The van der Waals surface area contributed by atoms with E-state index < -0.39 is 18.0 Å². The number of nitrogens with zero attached hydrogens (tertiary/aromatic N) is 6. The van der Waals surface area contributed by atoms with Gasteiger partial charge in [0.2, 0.25) is 0 Å². The molecule has 4 aromatic rings. The van der Waals surface area contributed by atoms with Crippen molar-refractivity contribution in [2.24, 2.45) is 0 Å². The lowest BCUT2D eigenvalue weighted by atomic mass is 10.2. The number of hydrogen-bond acceptors (Lipinski definition) is 7. The summed E-state index contributed by atoms with van der Waals surface area (Å²) in [4.78, 5) is 11.8. The molecule has 1 aromatic carbocycles. The van der Waals surface area contributed by atoms with Crippen LogP contribution in [-0.2, 0) is 6.18 Å². The Hall–Kier alpha value is -3.50. The Morgan fingerprint density at radius 2 is 1.86 bits per heavy atom. The minimum Gasteiger partial charge on any atom is -0.360 e. The second-order valence-electron chi connectivity index (χ2n) is 6.12. The first kappa shape index (κ1) is 17.9. The van der Waals surface area contributed by atoms with Gasteiger partial charge in [0.1, 0.15) is 5.82 Å². The third-order valence-corrected chi connectivity index (χ3v) is 3.91. The van der Waals surface area contributed by atoms with Gasteiger partial charge in [-0.15, -0.1) is 5.10 Å². The molecule has 0 aliphatic heterocycles. The third kappa shape index (κ3) is 3.38. The number of aryl methyl sites for hydroxylation is 1. The lowest BCUT2D eigenvalue weighted by Gasteiger charge is -2.12. The molecule has 144 valence electrons. The lowest BCUT2D eigenvalue weighted by Crippen LogP contribution is -2.13. The molecule has 1 atom stereocenters. The molecule has 0 amide bonds. The first-order valence-electron chi connectivity index (χ1n) is 8.28. The van der Waals surface area contributed by atoms with E-state index in [9.17, 15) is 13.2 Å². The molecule has 3 heterocycles. The van der Waals surface area contributed by atoms with E-state index in [0.29, 0.717) is 17.4 Å². The molecule has 28 heavy (non-hydrogen) atoms. The van der Waals surface area contributed by atoms with Gasteiger partial charge in [-0.1, -0.05) is 23.4 Å². The van der Waals surface area contributed by atoms with Crippen LogP contribution in [0.25, 0.3) is 17.2 Å². The van der Waals surface area contributed by atoms with Crippen molar-refractivity contribution < 1.29 is 17.7 Å². The molecule has 0 aliphatic carbocycles. The van der Waals surface area contributed by atoms with E-state index in [-0.39, 0.29) is 11.6 Å². The highest BCUT2D eigenvalue weighted by molar-refractivity contribution is 5.52. The summed E-state index contributed by atoms with van der Waals surface area (Å²) in [7, 11) is 0. The van der Waals surface area contributed by atoms with Crippen molar-refractivity contribution in [2.45, 2.75) is 26.1 Å². The SMILES string of the molecule is Cc1cc(NC(C)c2noc(-c3ccccc3)n2)n2nc(C(F)(F)F)nc2n1. The summed E-state index contributed by atoms with van der Waals surface area (Å²) in [6.07, 6.45) is -4.66. The van der Waals surface area contributed by atoms with E-state index in [1.165, 1.54) is 0 Å². The monoisotopic (exact) mass is 389 g/mol. The fraction of sp³-hybridized carbons (Fsp3) is 0.235. The van der Waals surface area contributed by atoms with E-state index in [2.05, 4.69) is 30.5 Å². The lowest BCUT2D eigenvalue weighted by molar-refractivity contribution is -0.144. The van der Waals surface area contributed by atoms with Gasteiger partial charge in [-0.05, 0) is 26.0 Å². The predicted molar refractivity (Wildman–Crippen MR) is 92.3 cm³/mol. The Labute approximate surface area is 156 Å². The van der Waals surface area contributed by atoms with Gasteiger partial charge in [0, 0.05) is 17.3 Å². The van der Waals surface area contributed by atoms with Gasteiger partial charge in [-0.2, -0.15) is 27.7 Å². The van der Waals surface area contributed by atoms with E-state index in [1.807, 2.05) is 30.3 Å². The zero-order valence-corrected chi connectivity index (χ0v) is 14.8. The third-order valence-electron chi connectivity index (χ3n) is 3.91. The van der Waals surface area contributed by atoms with Crippen molar-refractivity contribution in [3.05, 3.63) is 53.7 Å². The van der Waals surface area contributed by atoms with Gasteiger partial charge in [-0.25, -0.2) is 4.98 Å². The Balaban J connectivity index is 1.64. The van der Waals surface area contributed by atoms with Crippen LogP contribution in [0.5, 0.6) is 0 Å². The van der Waals surface area contributed by atoms with Gasteiger partial charge < -0.3 is 9.84 Å². The molecule has 4 rings (SSSR count). The maximum atomic E-state index is 12.9. The Kier molecular flexibility index (Phi) is 4.21. The van der Waals surface area contributed by atoms with Gasteiger partial charge >= 0.3 is 6.18 Å². The van der Waals surface area contributed by atoms with E-state index in [4.69, 9.17) is 4.52 Å². The number of alkyl halides is 3. The summed E-state index contributed by atoms with van der Waals surface area (Å²) in [6.45, 7) is 3.41. The van der Waals surface area contributed by atoms with Crippen LogP contribution in [0, 0.1) is 6.92 Å². The van der Waals surface area contributed by atoms with Crippen LogP contribution in [-0.4, -0.2) is 29.7 Å². The minimum absolute atomic E-state index is 0.153. The second kappa shape index (κ2) is 6.59. The molecule has 8 nitrogen and oxygen atoms in total. The van der Waals surface area contributed by atoms with Crippen LogP contribution in [0.1, 0.15) is 30.3 Å². The quantitative estimate of drug-likeness (QED) is 0.569. The van der Waals surface area contributed by atoms with E-state index in [1.54, 1.807) is 19.9 Å². The highest BCUT2D eigenvalue weighted by Crippen LogP contribution is 2.28. The van der Waals surface area contributed by atoms with Crippen molar-refractivity contribution in [3.63, 3.8) is 0 Å². The molecule has 1 unspecified atom stereocenters. The Bertz CT molecular complexity index is 1120.